The van der Waals surface area contributed by atoms with Crippen molar-refractivity contribution in [2.24, 2.45) is 0 Å². The summed E-state index contributed by atoms with van der Waals surface area (Å²) in [5, 5.41) is 13.2. The summed E-state index contributed by atoms with van der Waals surface area (Å²) in [7, 11) is 0. The Morgan fingerprint density at radius 3 is 3.14 bits per heavy atom. The van der Waals surface area contributed by atoms with E-state index in [1.807, 2.05) is 25.1 Å². The molecule has 0 fully saturated rings. The molecular weight excluding hydrogens is 174 g/mol. The van der Waals surface area contributed by atoms with E-state index in [4.69, 9.17) is 0 Å². The largest absolute Gasteiger partial charge is 0.384 e. The molecule has 0 saturated heterocycles. The van der Waals surface area contributed by atoms with Crippen molar-refractivity contribution in [1.29, 1.82) is 0 Å². The van der Waals surface area contributed by atoms with Crippen LogP contribution in [-0.4, -0.2) is 11.7 Å². The molecule has 0 radical (unpaired) electrons. The average molecular weight is 189 g/mol. The van der Waals surface area contributed by atoms with Crippen LogP contribution < -0.4 is 5.32 Å². The molecule has 0 saturated carbocycles. The molecule has 2 nitrogen and oxygen atoms in total. The molecule has 14 heavy (non-hydrogen) atoms. The van der Waals surface area contributed by atoms with E-state index in [2.05, 4.69) is 11.4 Å². The lowest BCUT2D eigenvalue weighted by Gasteiger charge is -2.11. The van der Waals surface area contributed by atoms with Crippen molar-refractivity contribution in [1.82, 2.24) is 0 Å². The van der Waals surface area contributed by atoms with Crippen molar-refractivity contribution in [2.45, 2.75) is 19.4 Å². The van der Waals surface area contributed by atoms with Crippen LogP contribution in [0.15, 0.2) is 30.4 Å². The Hall–Kier alpha value is -1.28. The number of nitrogens with one attached hydrogen (secondary N) is 1. The fourth-order valence-corrected chi connectivity index (χ4v) is 1.90. The maximum atomic E-state index is 9.86. The number of fused-ring (bicyclic) bond motifs is 1. The molecule has 0 bridgehead atoms. The summed E-state index contributed by atoms with van der Waals surface area (Å²) in [6, 6.07) is 6.09. The Labute approximate surface area is 84.3 Å². The number of anilines is 1. The molecule has 0 aliphatic carbocycles. The van der Waals surface area contributed by atoms with E-state index < -0.39 is 6.10 Å². The topological polar surface area (TPSA) is 32.3 Å². The zero-order valence-electron chi connectivity index (χ0n) is 8.33. The second-order valence-corrected chi connectivity index (χ2v) is 3.53. The van der Waals surface area contributed by atoms with Crippen LogP contribution >= 0.6 is 0 Å². The molecule has 2 heteroatoms. The SMILES string of the molecule is CC=CC(O)c1cccc2c1NCC2. The molecule has 1 unspecified atom stereocenters. The fraction of sp³-hybridized carbons (Fsp3) is 0.333. The minimum atomic E-state index is -0.486. The Morgan fingerprint density at radius 2 is 2.36 bits per heavy atom. The van der Waals surface area contributed by atoms with Gasteiger partial charge in [-0.15, -0.1) is 0 Å². The number of aliphatic hydroxyl groups is 1. The smallest absolute Gasteiger partial charge is 0.0991 e. The van der Waals surface area contributed by atoms with Gasteiger partial charge in [0, 0.05) is 17.8 Å². The van der Waals surface area contributed by atoms with Gasteiger partial charge in [0.1, 0.15) is 0 Å². The van der Waals surface area contributed by atoms with Crippen LogP contribution in [0.4, 0.5) is 5.69 Å². The van der Waals surface area contributed by atoms with E-state index >= 15 is 0 Å². The van der Waals surface area contributed by atoms with Gasteiger partial charge in [0.15, 0.2) is 0 Å². The first-order valence-electron chi connectivity index (χ1n) is 4.99. The predicted molar refractivity (Wildman–Crippen MR) is 58.4 cm³/mol. The van der Waals surface area contributed by atoms with E-state index in [0.29, 0.717) is 0 Å². The minimum absolute atomic E-state index is 0.486. The van der Waals surface area contributed by atoms with Gasteiger partial charge in [-0.3, -0.25) is 0 Å². The lowest BCUT2D eigenvalue weighted by molar-refractivity contribution is 0.229. The molecule has 1 aliphatic rings. The van der Waals surface area contributed by atoms with Crippen molar-refractivity contribution in [3.8, 4) is 0 Å². The van der Waals surface area contributed by atoms with Crippen LogP contribution in [0.3, 0.4) is 0 Å². The van der Waals surface area contributed by atoms with Crippen molar-refractivity contribution in [3.63, 3.8) is 0 Å². The van der Waals surface area contributed by atoms with Crippen molar-refractivity contribution < 1.29 is 5.11 Å². The van der Waals surface area contributed by atoms with Gasteiger partial charge < -0.3 is 10.4 Å². The van der Waals surface area contributed by atoms with Crippen LogP contribution in [0.5, 0.6) is 0 Å². The first-order valence-corrected chi connectivity index (χ1v) is 4.99. The van der Waals surface area contributed by atoms with Crippen LogP contribution in [0.2, 0.25) is 0 Å². The highest BCUT2D eigenvalue weighted by Gasteiger charge is 2.16. The Balaban J connectivity index is 2.39. The normalized spacial score (nSPS) is 16.7. The molecule has 74 valence electrons. The molecule has 1 aromatic carbocycles. The number of allylic oxidation sites excluding steroid dienone is 1. The first kappa shape index (κ1) is 9.28. The van der Waals surface area contributed by atoms with Gasteiger partial charge in [0.2, 0.25) is 0 Å². The third-order valence-corrected chi connectivity index (χ3v) is 2.57. The standard InChI is InChI=1S/C12H15NO/c1-2-4-11(14)10-6-3-5-9-7-8-13-12(9)10/h2-6,11,13-14H,7-8H2,1H3. The number of aliphatic hydroxyl groups excluding tert-OH is 1. The van der Waals surface area contributed by atoms with Gasteiger partial charge in [-0.2, -0.15) is 0 Å². The second-order valence-electron chi connectivity index (χ2n) is 3.53. The third-order valence-electron chi connectivity index (χ3n) is 2.57. The Morgan fingerprint density at radius 1 is 1.50 bits per heavy atom. The summed E-state index contributed by atoms with van der Waals surface area (Å²) in [5.41, 5.74) is 3.42. The van der Waals surface area contributed by atoms with Crippen molar-refractivity contribution in [3.05, 3.63) is 41.5 Å². The molecule has 2 N–H and O–H groups in total. The summed E-state index contributed by atoms with van der Waals surface area (Å²) < 4.78 is 0. The number of hydrogen-bond donors (Lipinski definition) is 2. The molecule has 0 aromatic heterocycles. The van der Waals surface area contributed by atoms with Gasteiger partial charge in [0.05, 0.1) is 6.10 Å². The van der Waals surface area contributed by atoms with Crippen LogP contribution in [-0.2, 0) is 6.42 Å². The monoisotopic (exact) mass is 189 g/mol. The van der Waals surface area contributed by atoms with Gasteiger partial charge in [-0.25, -0.2) is 0 Å². The molecular formula is C12H15NO. The molecule has 2 rings (SSSR count). The van der Waals surface area contributed by atoms with Gasteiger partial charge in [-0.05, 0) is 18.9 Å². The summed E-state index contributed by atoms with van der Waals surface area (Å²) in [6.07, 6.45) is 4.25. The van der Waals surface area contributed by atoms with E-state index in [-0.39, 0.29) is 0 Å². The molecule has 0 spiro atoms. The third kappa shape index (κ3) is 1.53. The molecule has 1 heterocycles. The van der Waals surface area contributed by atoms with Crippen molar-refractivity contribution >= 4 is 5.69 Å². The van der Waals surface area contributed by atoms with Gasteiger partial charge in [0.25, 0.3) is 0 Å². The summed E-state index contributed by atoms with van der Waals surface area (Å²) in [5.74, 6) is 0. The van der Waals surface area contributed by atoms with E-state index in [1.165, 1.54) is 5.56 Å². The van der Waals surface area contributed by atoms with Crippen LogP contribution in [0, 0.1) is 0 Å². The fourth-order valence-electron chi connectivity index (χ4n) is 1.90. The maximum absolute atomic E-state index is 9.86. The molecule has 1 atom stereocenters. The number of para-hydroxylation sites is 1. The maximum Gasteiger partial charge on any atom is 0.0991 e. The second kappa shape index (κ2) is 3.84. The van der Waals surface area contributed by atoms with Crippen LogP contribution in [0.1, 0.15) is 24.2 Å². The Bertz CT molecular complexity index is 357. The molecule has 0 amide bonds. The summed E-state index contributed by atoms with van der Waals surface area (Å²) in [4.78, 5) is 0. The quantitative estimate of drug-likeness (QED) is 0.699. The predicted octanol–water partition coefficient (Wildman–Crippen LogP) is 2.26. The molecule has 1 aromatic rings. The summed E-state index contributed by atoms with van der Waals surface area (Å²) in [6.45, 7) is 2.90. The van der Waals surface area contributed by atoms with Crippen LogP contribution in [0.25, 0.3) is 0 Å². The highest BCUT2D eigenvalue weighted by molar-refractivity contribution is 5.62. The zero-order valence-corrected chi connectivity index (χ0v) is 8.33. The van der Waals surface area contributed by atoms with Gasteiger partial charge in [-0.1, -0.05) is 30.4 Å². The number of benzene rings is 1. The number of rotatable bonds is 2. The molecule has 1 aliphatic heterocycles. The summed E-state index contributed by atoms with van der Waals surface area (Å²) >= 11 is 0. The highest BCUT2D eigenvalue weighted by Crippen LogP contribution is 2.31. The van der Waals surface area contributed by atoms with Crippen molar-refractivity contribution in [2.75, 3.05) is 11.9 Å². The number of hydrogen-bond acceptors (Lipinski definition) is 2. The van der Waals surface area contributed by atoms with Gasteiger partial charge >= 0.3 is 0 Å². The van der Waals surface area contributed by atoms with E-state index in [9.17, 15) is 5.11 Å². The average Bonchev–Trinajstić information content (AvgIpc) is 2.65. The first-order chi connectivity index (χ1) is 6.83. The van der Waals surface area contributed by atoms with E-state index in [1.54, 1.807) is 6.08 Å². The zero-order chi connectivity index (χ0) is 9.97. The Kier molecular flexibility index (Phi) is 2.55. The lowest BCUT2D eigenvalue weighted by Crippen LogP contribution is -1.99. The lowest BCUT2D eigenvalue weighted by atomic mass is 10.0. The minimum Gasteiger partial charge on any atom is -0.384 e. The highest BCUT2D eigenvalue weighted by atomic mass is 16.3. The van der Waals surface area contributed by atoms with E-state index in [0.717, 1.165) is 24.2 Å².